The first-order valence-corrected chi connectivity index (χ1v) is 7.97. The summed E-state index contributed by atoms with van der Waals surface area (Å²) in [6, 6.07) is 11.8. The zero-order chi connectivity index (χ0) is 15.0. The van der Waals surface area contributed by atoms with Gasteiger partial charge in [0.1, 0.15) is 11.3 Å². The fraction of sp³-hybridized carbons (Fsp3) is 0.125. The molecule has 1 N–H and O–H groups in total. The first kappa shape index (κ1) is 14.8. The van der Waals surface area contributed by atoms with Gasteiger partial charge >= 0.3 is 0 Å². The molecule has 0 amide bonds. The predicted molar refractivity (Wildman–Crippen MR) is 92.4 cm³/mol. The number of aryl methyl sites for hydroxylation is 1. The predicted octanol–water partition coefficient (Wildman–Crippen LogP) is 6.42. The van der Waals surface area contributed by atoms with Gasteiger partial charge in [-0.05, 0) is 41.1 Å². The van der Waals surface area contributed by atoms with Crippen LogP contribution in [0.4, 0.5) is 5.69 Å². The van der Waals surface area contributed by atoms with Crippen molar-refractivity contribution >= 4 is 55.8 Å². The maximum absolute atomic E-state index is 6.25. The molecule has 2 nitrogen and oxygen atoms in total. The fourth-order valence-corrected chi connectivity index (χ4v) is 3.13. The van der Waals surface area contributed by atoms with Gasteiger partial charge in [0, 0.05) is 22.0 Å². The summed E-state index contributed by atoms with van der Waals surface area (Å²) in [6.45, 7) is 2.59. The molecular weight excluding hydrogens is 373 g/mol. The molecule has 0 bridgehead atoms. The molecule has 0 spiro atoms. The van der Waals surface area contributed by atoms with Crippen LogP contribution in [0.2, 0.25) is 10.0 Å². The highest BCUT2D eigenvalue weighted by Crippen LogP contribution is 2.36. The number of rotatable bonds is 3. The van der Waals surface area contributed by atoms with Crippen molar-refractivity contribution in [1.82, 2.24) is 0 Å². The van der Waals surface area contributed by atoms with E-state index < -0.39 is 0 Å². The Morgan fingerprint density at radius 3 is 2.67 bits per heavy atom. The molecule has 2 aromatic carbocycles. The average molecular weight is 385 g/mol. The van der Waals surface area contributed by atoms with E-state index in [0.29, 0.717) is 16.6 Å². The van der Waals surface area contributed by atoms with E-state index in [4.69, 9.17) is 27.6 Å². The molecule has 5 heteroatoms. The Hall–Kier alpha value is -1.16. The Balaban J connectivity index is 1.91. The van der Waals surface area contributed by atoms with E-state index in [1.807, 2.05) is 37.3 Å². The lowest BCUT2D eigenvalue weighted by Crippen LogP contribution is -2.01. The molecule has 0 aliphatic rings. The van der Waals surface area contributed by atoms with Crippen LogP contribution in [0.3, 0.4) is 0 Å². The maximum atomic E-state index is 6.25. The molecule has 3 rings (SSSR count). The van der Waals surface area contributed by atoms with Gasteiger partial charge in [-0.2, -0.15) is 0 Å². The molecule has 0 saturated carbocycles. The largest absolute Gasteiger partial charge is 0.461 e. The average Bonchev–Trinajstić information content (AvgIpc) is 2.80. The number of benzene rings is 2. The smallest absolute Gasteiger partial charge is 0.134 e. The summed E-state index contributed by atoms with van der Waals surface area (Å²) < 4.78 is 6.54. The summed E-state index contributed by atoms with van der Waals surface area (Å²) in [5.74, 6) is 0.906. The van der Waals surface area contributed by atoms with Crippen molar-refractivity contribution in [2.75, 3.05) is 5.32 Å². The van der Waals surface area contributed by atoms with Gasteiger partial charge in [-0.1, -0.05) is 41.4 Å². The second-order valence-corrected chi connectivity index (χ2v) is 6.32. The van der Waals surface area contributed by atoms with Gasteiger partial charge in [0.25, 0.3) is 0 Å². The number of halogens is 3. The molecule has 21 heavy (non-hydrogen) atoms. The number of anilines is 1. The zero-order valence-corrected chi connectivity index (χ0v) is 14.3. The molecule has 3 aromatic rings. The van der Waals surface area contributed by atoms with E-state index >= 15 is 0 Å². The second-order valence-electron chi connectivity index (χ2n) is 4.71. The molecule has 0 unspecified atom stereocenters. The van der Waals surface area contributed by atoms with Crippen molar-refractivity contribution in [3.05, 3.63) is 62.2 Å². The minimum absolute atomic E-state index is 0.510. The van der Waals surface area contributed by atoms with Gasteiger partial charge in [-0.15, -0.1) is 0 Å². The van der Waals surface area contributed by atoms with Gasteiger partial charge in [0.2, 0.25) is 0 Å². The van der Waals surface area contributed by atoms with E-state index in [9.17, 15) is 0 Å². The standard InChI is InChI=1S/C16H12BrCl2NO/c1-9-11(10-4-2-3-5-14(10)21-9)8-20-13-7-6-12(17)15(18)16(13)19/h2-7,20H,8H2,1H3. The number of hydrogen-bond acceptors (Lipinski definition) is 2. The second kappa shape index (κ2) is 5.91. The molecule has 108 valence electrons. The van der Waals surface area contributed by atoms with Crippen molar-refractivity contribution in [2.45, 2.75) is 13.5 Å². The first-order valence-electron chi connectivity index (χ1n) is 6.42. The summed E-state index contributed by atoms with van der Waals surface area (Å²) in [7, 11) is 0. The Labute approximate surface area is 141 Å². The SMILES string of the molecule is Cc1oc2ccccc2c1CNc1ccc(Br)c(Cl)c1Cl. The van der Waals surface area contributed by atoms with Crippen LogP contribution in [-0.4, -0.2) is 0 Å². The number of hydrogen-bond donors (Lipinski definition) is 1. The molecule has 0 saturated heterocycles. The number of fused-ring (bicyclic) bond motifs is 1. The first-order chi connectivity index (χ1) is 10.1. The third kappa shape index (κ3) is 2.78. The Morgan fingerprint density at radius 2 is 1.86 bits per heavy atom. The van der Waals surface area contributed by atoms with Crippen LogP contribution < -0.4 is 5.32 Å². The monoisotopic (exact) mass is 383 g/mol. The molecule has 1 aromatic heterocycles. The highest BCUT2D eigenvalue weighted by atomic mass is 79.9. The molecular formula is C16H12BrCl2NO. The van der Waals surface area contributed by atoms with Gasteiger partial charge in [0.15, 0.2) is 0 Å². The van der Waals surface area contributed by atoms with Crippen LogP contribution in [0.1, 0.15) is 11.3 Å². The molecule has 0 atom stereocenters. The van der Waals surface area contributed by atoms with Crippen molar-refractivity contribution in [3.8, 4) is 0 Å². The van der Waals surface area contributed by atoms with Crippen LogP contribution in [0.5, 0.6) is 0 Å². The zero-order valence-electron chi connectivity index (χ0n) is 11.2. The number of furan rings is 1. The van der Waals surface area contributed by atoms with E-state index in [1.54, 1.807) is 0 Å². The van der Waals surface area contributed by atoms with Gasteiger partial charge < -0.3 is 9.73 Å². The summed E-state index contributed by atoms with van der Waals surface area (Å²) >= 11 is 15.7. The Bertz CT molecular complexity index is 813. The van der Waals surface area contributed by atoms with Crippen molar-refractivity contribution in [1.29, 1.82) is 0 Å². The summed E-state index contributed by atoms with van der Waals surface area (Å²) in [6.07, 6.45) is 0. The maximum Gasteiger partial charge on any atom is 0.134 e. The van der Waals surface area contributed by atoms with Crippen LogP contribution in [0.25, 0.3) is 11.0 Å². The lowest BCUT2D eigenvalue weighted by Gasteiger charge is -2.10. The molecule has 0 fully saturated rings. The van der Waals surface area contributed by atoms with E-state index in [0.717, 1.165) is 32.5 Å². The molecule has 0 aliphatic heterocycles. The quantitative estimate of drug-likeness (QED) is 0.526. The minimum Gasteiger partial charge on any atom is -0.461 e. The summed E-state index contributed by atoms with van der Waals surface area (Å²) in [4.78, 5) is 0. The van der Waals surface area contributed by atoms with Crippen LogP contribution in [-0.2, 0) is 6.54 Å². The highest BCUT2D eigenvalue weighted by molar-refractivity contribution is 9.10. The van der Waals surface area contributed by atoms with Gasteiger partial charge in [0.05, 0.1) is 15.7 Å². The normalized spacial score (nSPS) is 11.0. The third-order valence-corrected chi connectivity index (χ3v) is 5.16. The lowest BCUT2D eigenvalue weighted by atomic mass is 10.1. The highest BCUT2D eigenvalue weighted by Gasteiger charge is 2.12. The van der Waals surface area contributed by atoms with E-state index in [-0.39, 0.29) is 0 Å². The summed E-state index contributed by atoms with van der Waals surface area (Å²) in [5, 5.41) is 5.45. The van der Waals surface area contributed by atoms with Crippen molar-refractivity contribution in [3.63, 3.8) is 0 Å². The van der Waals surface area contributed by atoms with Crippen molar-refractivity contribution < 1.29 is 4.42 Å². The number of nitrogens with one attached hydrogen (secondary N) is 1. The lowest BCUT2D eigenvalue weighted by molar-refractivity contribution is 0.573. The summed E-state index contributed by atoms with van der Waals surface area (Å²) in [5.41, 5.74) is 2.82. The minimum atomic E-state index is 0.510. The van der Waals surface area contributed by atoms with Crippen LogP contribution in [0.15, 0.2) is 45.3 Å². The number of para-hydroxylation sites is 1. The molecule has 0 radical (unpaired) electrons. The Morgan fingerprint density at radius 1 is 1.10 bits per heavy atom. The third-order valence-electron chi connectivity index (χ3n) is 3.39. The topological polar surface area (TPSA) is 25.2 Å². The van der Waals surface area contributed by atoms with E-state index in [1.165, 1.54) is 0 Å². The van der Waals surface area contributed by atoms with Gasteiger partial charge in [-0.25, -0.2) is 0 Å². The van der Waals surface area contributed by atoms with E-state index in [2.05, 4.69) is 27.3 Å². The molecule has 0 aliphatic carbocycles. The Kier molecular flexibility index (Phi) is 4.16. The molecule has 1 heterocycles. The van der Waals surface area contributed by atoms with Crippen LogP contribution in [0, 0.1) is 6.92 Å². The van der Waals surface area contributed by atoms with Crippen molar-refractivity contribution in [2.24, 2.45) is 0 Å². The fourth-order valence-electron chi connectivity index (χ4n) is 2.29. The van der Waals surface area contributed by atoms with Crippen LogP contribution >= 0.6 is 39.1 Å². The van der Waals surface area contributed by atoms with Gasteiger partial charge in [-0.3, -0.25) is 0 Å².